The Labute approximate surface area is 96.0 Å². The molecule has 1 aliphatic rings. The maximum Gasteiger partial charge on any atom is 0.416 e. The second kappa shape index (κ2) is 4.52. The molecule has 0 bridgehead atoms. The third-order valence-electron chi connectivity index (χ3n) is 2.71. The van der Waals surface area contributed by atoms with Crippen LogP contribution in [0.4, 0.5) is 23.2 Å². The predicted molar refractivity (Wildman–Crippen MR) is 56.3 cm³/mol. The Morgan fingerprint density at radius 1 is 1.29 bits per heavy atom. The lowest BCUT2D eigenvalue weighted by atomic mass is 10.1. The summed E-state index contributed by atoms with van der Waals surface area (Å²) in [6, 6.07) is 2.38. The summed E-state index contributed by atoms with van der Waals surface area (Å²) in [6.45, 7) is 1.42. The molecule has 0 spiro atoms. The van der Waals surface area contributed by atoms with Crippen LogP contribution in [0.1, 0.15) is 12.0 Å². The summed E-state index contributed by atoms with van der Waals surface area (Å²) in [6.07, 6.45) is -3.67. The number of hydrogen-bond acceptors (Lipinski definition) is 2. The van der Waals surface area contributed by atoms with E-state index >= 15 is 0 Å². The molecule has 1 fully saturated rings. The lowest BCUT2D eigenvalue weighted by Gasteiger charge is -2.15. The summed E-state index contributed by atoms with van der Waals surface area (Å²) in [7, 11) is 0. The average Bonchev–Trinajstić information content (AvgIpc) is 2.72. The standard InChI is InChI=1S/C11H12F4N2/c12-9-2-1-7(11(13,14)15)5-10(9)17-8-3-4-16-6-8/h1-2,5,8,16-17H,3-4,6H2. The topological polar surface area (TPSA) is 24.1 Å². The van der Waals surface area contributed by atoms with Crippen molar-refractivity contribution in [3.8, 4) is 0 Å². The van der Waals surface area contributed by atoms with Gasteiger partial charge in [0, 0.05) is 12.6 Å². The molecule has 1 saturated heterocycles. The molecular formula is C11H12F4N2. The van der Waals surface area contributed by atoms with Crippen LogP contribution in [0.15, 0.2) is 18.2 Å². The number of alkyl halides is 3. The number of halogens is 4. The molecule has 1 heterocycles. The van der Waals surface area contributed by atoms with Crippen molar-refractivity contribution in [2.24, 2.45) is 0 Å². The highest BCUT2D eigenvalue weighted by atomic mass is 19.4. The van der Waals surface area contributed by atoms with Crippen molar-refractivity contribution in [3.05, 3.63) is 29.6 Å². The van der Waals surface area contributed by atoms with Gasteiger partial charge in [0.1, 0.15) is 5.82 Å². The molecule has 2 nitrogen and oxygen atoms in total. The predicted octanol–water partition coefficient (Wildman–Crippen LogP) is 2.62. The van der Waals surface area contributed by atoms with E-state index < -0.39 is 17.6 Å². The van der Waals surface area contributed by atoms with Crippen LogP contribution in [0.5, 0.6) is 0 Å². The van der Waals surface area contributed by atoms with Gasteiger partial charge >= 0.3 is 6.18 Å². The van der Waals surface area contributed by atoms with Crippen molar-refractivity contribution in [1.82, 2.24) is 5.32 Å². The summed E-state index contributed by atoms with van der Waals surface area (Å²) in [4.78, 5) is 0. The molecule has 1 atom stereocenters. The van der Waals surface area contributed by atoms with Gasteiger partial charge in [-0.05, 0) is 31.2 Å². The highest BCUT2D eigenvalue weighted by Gasteiger charge is 2.31. The van der Waals surface area contributed by atoms with Gasteiger partial charge in [-0.1, -0.05) is 0 Å². The second-order valence-corrected chi connectivity index (χ2v) is 4.03. The molecule has 94 valence electrons. The number of hydrogen-bond donors (Lipinski definition) is 2. The fourth-order valence-electron chi connectivity index (χ4n) is 1.81. The first-order chi connectivity index (χ1) is 7.97. The zero-order chi connectivity index (χ0) is 12.5. The summed E-state index contributed by atoms with van der Waals surface area (Å²) in [5.41, 5.74) is -0.930. The van der Waals surface area contributed by atoms with Crippen LogP contribution in [-0.2, 0) is 6.18 Å². The summed E-state index contributed by atoms with van der Waals surface area (Å²) >= 11 is 0. The third-order valence-corrected chi connectivity index (χ3v) is 2.71. The van der Waals surface area contributed by atoms with Crippen molar-refractivity contribution in [1.29, 1.82) is 0 Å². The van der Waals surface area contributed by atoms with E-state index in [0.717, 1.165) is 31.2 Å². The molecular weight excluding hydrogens is 236 g/mol. The van der Waals surface area contributed by atoms with E-state index in [9.17, 15) is 17.6 Å². The lowest BCUT2D eigenvalue weighted by molar-refractivity contribution is -0.137. The minimum atomic E-state index is -4.45. The first-order valence-corrected chi connectivity index (χ1v) is 5.31. The van der Waals surface area contributed by atoms with Crippen LogP contribution < -0.4 is 10.6 Å². The van der Waals surface area contributed by atoms with Gasteiger partial charge in [0.15, 0.2) is 0 Å². The highest BCUT2D eigenvalue weighted by molar-refractivity contribution is 5.49. The Balaban J connectivity index is 2.20. The molecule has 1 aliphatic heterocycles. The monoisotopic (exact) mass is 248 g/mol. The van der Waals surface area contributed by atoms with E-state index in [4.69, 9.17) is 0 Å². The Morgan fingerprint density at radius 2 is 2.06 bits per heavy atom. The normalized spacial score (nSPS) is 20.6. The minimum Gasteiger partial charge on any atom is -0.379 e. The zero-order valence-electron chi connectivity index (χ0n) is 8.94. The van der Waals surface area contributed by atoms with Gasteiger partial charge in [0.05, 0.1) is 11.3 Å². The third kappa shape index (κ3) is 2.88. The fraction of sp³-hybridized carbons (Fsp3) is 0.455. The zero-order valence-corrected chi connectivity index (χ0v) is 8.94. The average molecular weight is 248 g/mol. The second-order valence-electron chi connectivity index (χ2n) is 4.03. The van der Waals surface area contributed by atoms with E-state index in [2.05, 4.69) is 10.6 Å². The maximum absolute atomic E-state index is 13.4. The van der Waals surface area contributed by atoms with Gasteiger partial charge in [-0.3, -0.25) is 0 Å². The Hall–Kier alpha value is -1.30. The van der Waals surface area contributed by atoms with E-state index in [1.165, 1.54) is 0 Å². The van der Waals surface area contributed by atoms with Gasteiger partial charge in [-0.2, -0.15) is 13.2 Å². The lowest BCUT2D eigenvalue weighted by Crippen LogP contribution is -2.23. The molecule has 0 aromatic heterocycles. The molecule has 17 heavy (non-hydrogen) atoms. The van der Waals surface area contributed by atoms with Crippen LogP contribution in [0.25, 0.3) is 0 Å². The molecule has 2 N–H and O–H groups in total. The van der Waals surface area contributed by atoms with Gasteiger partial charge in [-0.15, -0.1) is 0 Å². The summed E-state index contributed by atoms with van der Waals surface area (Å²) < 4.78 is 50.7. The van der Waals surface area contributed by atoms with E-state index in [-0.39, 0.29) is 11.7 Å². The molecule has 6 heteroatoms. The summed E-state index contributed by atoms with van der Waals surface area (Å²) in [5.74, 6) is -0.662. The molecule has 0 amide bonds. The van der Waals surface area contributed by atoms with Gasteiger partial charge in [0.2, 0.25) is 0 Å². The van der Waals surface area contributed by atoms with E-state index in [1.54, 1.807) is 0 Å². The number of nitrogens with one attached hydrogen (secondary N) is 2. The van der Waals surface area contributed by atoms with Crippen LogP contribution in [-0.4, -0.2) is 19.1 Å². The van der Waals surface area contributed by atoms with Crippen molar-refractivity contribution in [2.45, 2.75) is 18.6 Å². The minimum absolute atomic E-state index is 0.0204. The maximum atomic E-state index is 13.4. The summed E-state index contributed by atoms with van der Waals surface area (Å²) in [5, 5.41) is 5.83. The number of rotatable bonds is 2. The smallest absolute Gasteiger partial charge is 0.379 e. The molecule has 0 aliphatic carbocycles. The van der Waals surface area contributed by atoms with Crippen molar-refractivity contribution < 1.29 is 17.6 Å². The molecule has 1 aromatic carbocycles. The number of benzene rings is 1. The SMILES string of the molecule is Fc1ccc(C(F)(F)F)cc1NC1CCNC1. The molecule has 2 rings (SSSR count). The number of anilines is 1. The van der Waals surface area contributed by atoms with Gasteiger partial charge in [-0.25, -0.2) is 4.39 Å². The quantitative estimate of drug-likeness (QED) is 0.786. The molecule has 1 aromatic rings. The van der Waals surface area contributed by atoms with Crippen molar-refractivity contribution >= 4 is 5.69 Å². The van der Waals surface area contributed by atoms with E-state index in [1.807, 2.05) is 0 Å². The van der Waals surface area contributed by atoms with E-state index in [0.29, 0.717) is 6.54 Å². The first kappa shape index (κ1) is 12.2. The Morgan fingerprint density at radius 3 is 2.65 bits per heavy atom. The van der Waals surface area contributed by atoms with Crippen LogP contribution in [0, 0.1) is 5.82 Å². The van der Waals surface area contributed by atoms with Crippen LogP contribution in [0.3, 0.4) is 0 Å². The van der Waals surface area contributed by atoms with Gasteiger partial charge in [0.25, 0.3) is 0 Å². The van der Waals surface area contributed by atoms with Crippen LogP contribution in [0.2, 0.25) is 0 Å². The first-order valence-electron chi connectivity index (χ1n) is 5.31. The molecule has 1 unspecified atom stereocenters. The van der Waals surface area contributed by atoms with Crippen LogP contribution >= 0.6 is 0 Å². The molecule has 0 radical (unpaired) electrons. The van der Waals surface area contributed by atoms with Crippen molar-refractivity contribution in [3.63, 3.8) is 0 Å². The van der Waals surface area contributed by atoms with Gasteiger partial charge < -0.3 is 10.6 Å². The molecule has 0 saturated carbocycles. The largest absolute Gasteiger partial charge is 0.416 e. The Bertz CT molecular complexity index is 397. The fourth-order valence-corrected chi connectivity index (χ4v) is 1.81. The van der Waals surface area contributed by atoms with Crippen molar-refractivity contribution in [2.75, 3.05) is 18.4 Å². The highest BCUT2D eigenvalue weighted by Crippen LogP contribution is 2.32. The Kier molecular flexibility index (Phi) is 3.24.